The molecule has 0 aromatic carbocycles. The van der Waals surface area contributed by atoms with Gasteiger partial charge in [0.1, 0.15) is 0 Å². The third kappa shape index (κ3) is 4.19. The van der Waals surface area contributed by atoms with Gasteiger partial charge in [-0.15, -0.1) is 11.3 Å². The van der Waals surface area contributed by atoms with Gasteiger partial charge >= 0.3 is 6.03 Å². The maximum absolute atomic E-state index is 11.4. The normalized spacial score (nSPS) is 17.2. The molecule has 2 rings (SSSR count). The van der Waals surface area contributed by atoms with Gasteiger partial charge in [-0.3, -0.25) is 5.32 Å². The van der Waals surface area contributed by atoms with Gasteiger partial charge in [0, 0.05) is 17.8 Å². The van der Waals surface area contributed by atoms with Crippen molar-refractivity contribution in [2.24, 2.45) is 5.92 Å². The summed E-state index contributed by atoms with van der Waals surface area (Å²) in [5.41, 5.74) is 0. The highest BCUT2D eigenvalue weighted by molar-refractivity contribution is 7.13. The van der Waals surface area contributed by atoms with E-state index < -0.39 is 0 Å². The zero-order valence-electron chi connectivity index (χ0n) is 9.69. The van der Waals surface area contributed by atoms with Gasteiger partial charge in [-0.1, -0.05) is 25.3 Å². The highest BCUT2D eigenvalue weighted by Crippen LogP contribution is 2.24. The van der Waals surface area contributed by atoms with Crippen LogP contribution >= 0.6 is 11.3 Å². The van der Waals surface area contributed by atoms with Crippen molar-refractivity contribution < 1.29 is 4.79 Å². The smallest absolute Gasteiger partial charge is 0.315 e. The molecule has 2 N–H and O–H groups in total. The first-order chi connectivity index (χ1) is 8.34. The number of thiazole rings is 1. The molecular weight excluding hydrogens is 234 g/mol. The topological polar surface area (TPSA) is 54.0 Å². The van der Waals surface area contributed by atoms with Gasteiger partial charge in [0.05, 0.1) is 0 Å². The molecular formula is C12H17N3OS. The number of urea groups is 1. The van der Waals surface area contributed by atoms with Gasteiger partial charge in [-0.25, -0.2) is 9.78 Å². The van der Waals surface area contributed by atoms with Crippen LogP contribution in [0.4, 0.5) is 9.93 Å². The Morgan fingerprint density at radius 3 is 2.94 bits per heavy atom. The van der Waals surface area contributed by atoms with Crippen LogP contribution in [0, 0.1) is 5.92 Å². The number of allylic oxidation sites excluding steroid dienone is 1. The number of rotatable bonds is 3. The number of anilines is 1. The van der Waals surface area contributed by atoms with E-state index in [4.69, 9.17) is 0 Å². The number of amides is 2. The molecule has 1 aromatic heterocycles. The molecule has 0 atom stereocenters. The molecule has 1 heterocycles. The molecule has 0 aliphatic heterocycles. The van der Waals surface area contributed by atoms with Crippen LogP contribution in [0.5, 0.6) is 0 Å². The average molecular weight is 251 g/mol. The second-order valence-corrected chi connectivity index (χ2v) is 5.09. The van der Waals surface area contributed by atoms with E-state index in [9.17, 15) is 4.79 Å². The lowest BCUT2D eigenvalue weighted by molar-refractivity contribution is 0.255. The lowest BCUT2D eigenvalue weighted by Gasteiger charge is -2.17. The Hall–Kier alpha value is -1.36. The van der Waals surface area contributed by atoms with E-state index >= 15 is 0 Å². The van der Waals surface area contributed by atoms with Crippen LogP contribution < -0.4 is 10.6 Å². The second kappa shape index (κ2) is 6.39. The molecule has 0 spiro atoms. The Kier molecular flexibility index (Phi) is 4.55. The first kappa shape index (κ1) is 12.1. The summed E-state index contributed by atoms with van der Waals surface area (Å²) >= 11 is 1.41. The van der Waals surface area contributed by atoms with Gasteiger partial charge in [-0.2, -0.15) is 0 Å². The van der Waals surface area contributed by atoms with Crippen molar-refractivity contribution in [3.8, 4) is 0 Å². The van der Waals surface area contributed by atoms with Crippen LogP contribution in [0.3, 0.4) is 0 Å². The molecule has 1 fully saturated rings. The predicted molar refractivity (Wildman–Crippen MR) is 70.0 cm³/mol. The van der Waals surface area contributed by atoms with E-state index in [0.29, 0.717) is 11.0 Å². The van der Waals surface area contributed by atoms with E-state index in [1.165, 1.54) is 43.4 Å². The molecule has 5 heteroatoms. The standard InChI is InChI=1S/C12H17N3OS/c16-11(15-12-14-8-9-17-12)13-7-6-10-4-2-1-3-5-10/h6-10H,1-5H2,(H2,13,14,15,16)/b7-6+. The molecule has 2 amide bonds. The first-order valence-electron chi connectivity index (χ1n) is 5.98. The highest BCUT2D eigenvalue weighted by Gasteiger charge is 2.09. The van der Waals surface area contributed by atoms with Crippen LogP contribution in [-0.2, 0) is 0 Å². The zero-order valence-corrected chi connectivity index (χ0v) is 10.5. The Morgan fingerprint density at radius 1 is 1.41 bits per heavy atom. The van der Waals surface area contributed by atoms with E-state index in [1.54, 1.807) is 12.4 Å². The average Bonchev–Trinajstić information content (AvgIpc) is 2.83. The summed E-state index contributed by atoms with van der Waals surface area (Å²) in [6.45, 7) is 0. The van der Waals surface area contributed by atoms with Crippen molar-refractivity contribution in [1.82, 2.24) is 10.3 Å². The lowest BCUT2D eigenvalue weighted by Crippen LogP contribution is -2.24. The number of aromatic nitrogens is 1. The minimum absolute atomic E-state index is 0.230. The molecule has 1 saturated carbocycles. The van der Waals surface area contributed by atoms with Gasteiger partial charge in [0.25, 0.3) is 0 Å². The Bertz CT molecular complexity index is 369. The van der Waals surface area contributed by atoms with Crippen molar-refractivity contribution in [3.05, 3.63) is 23.9 Å². The Balaban J connectivity index is 1.70. The molecule has 1 aromatic rings. The lowest BCUT2D eigenvalue weighted by atomic mass is 9.89. The van der Waals surface area contributed by atoms with Crippen LogP contribution in [0.25, 0.3) is 0 Å². The van der Waals surface area contributed by atoms with Crippen LogP contribution in [0.2, 0.25) is 0 Å². The largest absolute Gasteiger partial charge is 0.324 e. The van der Waals surface area contributed by atoms with E-state index in [1.807, 2.05) is 5.38 Å². The summed E-state index contributed by atoms with van der Waals surface area (Å²) in [4.78, 5) is 15.4. The molecule has 1 aliphatic rings. The summed E-state index contributed by atoms with van der Waals surface area (Å²) in [6.07, 6.45) is 12.0. The van der Waals surface area contributed by atoms with Crippen molar-refractivity contribution in [2.75, 3.05) is 5.32 Å². The Labute approximate surface area is 105 Å². The van der Waals surface area contributed by atoms with Gasteiger partial charge in [0.15, 0.2) is 5.13 Å². The van der Waals surface area contributed by atoms with E-state index in [2.05, 4.69) is 21.7 Å². The number of nitrogens with zero attached hydrogens (tertiary/aromatic N) is 1. The number of hydrogen-bond donors (Lipinski definition) is 2. The first-order valence-corrected chi connectivity index (χ1v) is 6.86. The van der Waals surface area contributed by atoms with Gasteiger partial charge in [0.2, 0.25) is 0 Å². The quantitative estimate of drug-likeness (QED) is 0.865. The number of carbonyl (C=O) groups excluding carboxylic acids is 1. The summed E-state index contributed by atoms with van der Waals surface area (Å²) in [5, 5.41) is 7.82. The number of carbonyl (C=O) groups is 1. The monoisotopic (exact) mass is 251 g/mol. The summed E-state index contributed by atoms with van der Waals surface area (Å²) < 4.78 is 0. The molecule has 92 valence electrons. The summed E-state index contributed by atoms with van der Waals surface area (Å²) in [6, 6.07) is -0.230. The number of hydrogen-bond acceptors (Lipinski definition) is 3. The number of nitrogens with one attached hydrogen (secondary N) is 2. The minimum atomic E-state index is -0.230. The third-order valence-electron chi connectivity index (χ3n) is 2.89. The Morgan fingerprint density at radius 2 is 2.24 bits per heavy atom. The summed E-state index contributed by atoms with van der Waals surface area (Å²) in [5.74, 6) is 0.629. The molecule has 0 bridgehead atoms. The molecule has 17 heavy (non-hydrogen) atoms. The molecule has 4 nitrogen and oxygen atoms in total. The van der Waals surface area contributed by atoms with Crippen molar-refractivity contribution in [3.63, 3.8) is 0 Å². The highest BCUT2D eigenvalue weighted by atomic mass is 32.1. The zero-order chi connectivity index (χ0) is 11.9. The summed E-state index contributed by atoms with van der Waals surface area (Å²) in [7, 11) is 0. The van der Waals surface area contributed by atoms with Gasteiger partial charge < -0.3 is 5.32 Å². The maximum Gasteiger partial charge on any atom is 0.324 e. The third-order valence-corrected chi connectivity index (χ3v) is 3.57. The minimum Gasteiger partial charge on any atom is -0.315 e. The SMILES string of the molecule is O=C(N/C=C/C1CCCCC1)Nc1nccs1. The van der Waals surface area contributed by atoms with E-state index in [0.717, 1.165) is 0 Å². The molecule has 1 aliphatic carbocycles. The second-order valence-electron chi connectivity index (χ2n) is 4.19. The van der Waals surface area contributed by atoms with Crippen molar-refractivity contribution >= 4 is 22.5 Å². The van der Waals surface area contributed by atoms with Crippen LogP contribution in [0.15, 0.2) is 23.9 Å². The molecule has 0 saturated heterocycles. The molecule has 0 unspecified atom stereocenters. The fourth-order valence-corrected chi connectivity index (χ4v) is 2.53. The van der Waals surface area contributed by atoms with E-state index in [-0.39, 0.29) is 6.03 Å². The van der Waals surface area contributed by atoms with Crippen LogP contribution in [0.1, 0.15) is 32.1 Å². The van der Waals surface area contributed by atoms with Crippen LogP contribution in [-0.4, -0.2) is 11.0 Å². The fourth-order valence-electron chi connectivity index (χ4n) is 2.00. The maximum atomic E-state index is 11.4. The van der Waals surface area contributed by atoms with Crippen molar-refractivity contribution in [2.45, 2.75) is 32.1 Å². The predicted octanol–water partition coefficient (Wildman–Crippen LogP) is 3.36. The van der Waals surface area contributed by atoms with Gasteiger partial charge in [-0.05, 0) is 18.8 Å². The fraction of sp³-hybridized carbons (Fsp3) is 0.500. The molecule has 0 radical (unpaired) electrons. The van der Waals surface area contributed by atoms with Crippen molar-refractivity contribution in [1.29, 1.82) is 0 Å².